The quantitative estimate of drug-likeness (QED) is 0.857. The van der Waals surface area contributed by atoms with E-state index < -0.39 is 0 Å². The lowest BCUT2D eigenvalue weighted by Gasteiger charge is -2.07. The van der Waals surface area contributed by atoms with Gasteiger partial charge in [-0.1, -0.05) is 0 Å². The van der Waals surface area contributed by atoms with Crippen molar-refractivity contribution in [3.63, 3.8) is 0 Å². The third-order valence-corrected chi connectivity index (χ3v) is 2.22. The van der Waals surface area contributed by atoms with Gasteiger partial charge in [0.25, 0.3) is 0 Å². The lowest BCUT2D eigenvalue weighted by molar-refractivity contribution is 0.619. The van der Waals surface area contributed by atoms with Crippen LogP contribution in [0.5, 0.6) is 0 Å². The number of rotatable bonds is 2. The van der Waals surface area contributed by atoms with Crippen molar-refractivity contribution in [2.75, 3.05) is 5.32 Å². The second-order valence-corrected chi connectivity index (χ2v) is 3.45. The number of halogens is 1. The zero-order valence-electron chi connectivity index (χ0n) is 9.11. The number of benzene rings is 1. The third kappa shape index (κ3) is 2.37. The van der Waals surface area contributed by atoms with Gasteiger partial charge in [0.05, 0.1) is 0 Å². The minimum Gasteiger partial charge on any atom is -0.338 e. The summed E-state index contributed by atoms with van der Waals surface area (Å²) in [7, 11) is 0. The van der Waals surface area contributed by atoms with E-state index in [-0.39, 0.29) is 11.5 Å². The number of nitrogens with zero attached hydrogens (tertiary/aromatic N) is 3. The number of hydrogen-bond acceptors (Lipinski definition) is 4. The highest BCUT2D eigenvalue weighted by atomic mass is 19.1. The summed E-state index contributed by atoms with van der Waals surface area (Å²) in [5.41, 5.74) is 1.40. The molecule has 17 heavy (non-hydrogen) atoms. The van der Waals surface area contributed by atoms with E-state index in [1.54, 1.807) is 19.1 Å². The van der Waals surface area contributed by atoms with Crippen molar-refractivity contribution in [2.24, 2.45) is 0 Å². The van der Waals surface area contributed by atoms with E-state index in [0.29, 0.717) is 17.1 Å². The first-order valence-corrected chi connectivity index (χ1v) is 4.95. The molecule has 0 spiro atoms. The van der Waals surface area contributed by atoms with Crippen LogP contribution in [0.2, 0.25) is 0 Å². The van der Waals surface area contributed by atoms with Gasteiger partial charge in [-0.25, -0.2) is 14.4 Å². The molecule has 0 unspecified atom stereocenters. The summed E-state index contributed by atoms with van der Waals surface area (Å²) in [5, 5.41) is 11.8. The maximum atomic E-state index is 13.1. The molecule has 0 aliphatic heterocycles. The van der Waals surface area contributed by atoms with E-state index >= 15 is 0 Å². The highest BCUT2D eigenvalue weighted by molar-refractivity contribution is 5.61. The van der Waals surface area contributed by atoms with Crippen molar-refractivity contribution in [1.29, 1.82) is 5.26 Å². The van der Waals surface area contributed by atoms with Crippen molar-refractivity contribution >= 4 is 11.5 Å². The predicted molar refractivity (Wildman–Crippen MR) is 61.2 cm³/mol. The minimum absolute atomic E-state index is 0.203. The number of aromatic nitrogens is 2. The Balaban J connectivity index is 2.32. The second-order valence-electron chi connectivity index (χ2n) is 3.45. The molecule has 0 saturated heterocycles. The van der Waals surface area contributed by atoms with Gasteiger partial charge in [-0.15, -0.1) is 0 Å². The molecular formula is C12H9FN4. The van der Waals surface area contributed by atoms with Crippen LogP contribution in [0.1, 0.15) is 11.3 Å². The van der Waals surface area contributed by atoms with Gasteiger partial charge in [0.15, 0.2) is 11.5 Å². The Hall–Kier alpha value is -2.48. The average molecular weight is 228 g/mol. The van der Waals surface area contributed by atoms with Gasteiger partial charge in [0, 0.05) is 18.1 Å². The van der Waals surface area contributed by atoms with Crippen LogP contribution < -0.4 is 5.32 Å². The van der Waals surface area contributed by atoms with E-state index in [0.717, 1.165) is 0 Å². The molecule has 0 fully saturated rings. The predicted octanol–water partition coefficient (Wildman–Crippen LogP) is 2.54. The Bertz CT molecular complexity index is 589. The standard InChI is InChI=1S/C12H9FN4/c1-8-6-9(2-3-10(8)13)17-12-11(7-14)15-4-5-16-12/h2-6H,1H3,(H,16,17). The smallest absolute Gasteiger partial charge is 0.183 e. The van der Waals surface area contributed by atoms with Crippen molar-refractivity contribution in [3.8, 4) is 6.07 Å². The van der Waals surface area contributed by atoms with Crippen LogP contribution >= 0.6 is 0 Å². The van der Waals surface area contributed by atoms with Gasteiger partial charge in [-0.05, 0) is 30.7 Å². The van der Waals surface area contributed by atoms with Gasteiger partial charge in [0.1, 0.15) is 11.9 Å². The number of anilines is 2. The SMILES string of the molecule is Cc1cc(Nc2nccnc2C#N)ccc1F. The Morgan fingerprint density at radius 1 is 1.29 bits per heavy atom. The maximum Gasteiger partial charge on any atom is 0.183 e. The molecule has 0 saturated carbocycles. The first-order valence-electron chi connectivity index (χ1n) is 4.95. The van der Waals surface area contributed by atoms with Crippen LogP contribution in [0, 0.1) is 24.1 Å². The highest BCUT2D eigenvalue weighted by Crippen LogP contribution is 2.18. The first-order chi connectivity index (χ1) is 8.20. The molecule has 1 aromatic heterocycles. The fraction of sp³-hybridized carbons (Fsp3) is 0.0833. The molecule has 84 valence electrons. The number of nitrogens with one attached hydrogen (secondary N) is 1. The topological polar surface area (TPSA) is 61.6 Å². The van der Waals surface area contributed by atoms with Crippen molar-refractivity contribution in [3.05, 3.63) is 47.7 Å². The molecule has 4 nitrogen and oxygen atoms in total. The van der Waals surface area contributed by atoms with Crippen LogP contribution in [-0.4, -0.2) is 9.97 Å². The van der Waals surface area contributed by atoms with Gasteiger partial charge in [-0.2, -0.15) is 5.26 Å². The zero-order chi connectivity index (χ0) is 12.3. The summed E-state index contributed by atoms with van der Waals surface area (Å²) in [4.78, 5) is 7.88. The Morgan fingerprint density at radius 2 is 2.06 bits per heavy atom. The monoisotopic (exact) mass is 228 g/mol. The van der Waals surface area contributed by atoms with Crippen LogP contribution in [0.4, 0.5) is 15.9 Å². The van der Waals surface area contributed by atoms with Crippen molar-refractivity contribution in [1.82, 2.24) is 9.97 Å². The summed E-state index contributed by atoms with van der Waals surface area (Å²) in [6.45, 7) is 1.67. The molecule has 0 amide bonds. The third-order valence-electron chi connectivity index (χ3n) is 2.22. The second kappa shape index (κ2) is 4.58. The highest BCUT2D eigenvalue weighted by Gasteiger charge is 2.05. The molecule has 2 rings (SSSR count). The fourth-order valence-electron chi connectivity index (χ4n) is 1.37. The minimum atomic E-state index is -0.268. The Kier molecular flexibility index (Phi) is 2.97. The van der Waals surface area contributed by atoms with Crippen LogP contribution in [0.15, 0.2) is 30.6 Å². The zero-order valence-corrected chi connectivity index (χ0v) is 9.11. The van der Waals surface area contributed by atoms with E-state index in [9.17, 15) is 4.39 Å². The summed E-state index contributed by atoms with van der Waals surface area (Å²) in [6, 6.07) is 6.52. The number of aryl methyl sites for hydroxylation is 1. The van der Waals surface area contributed by atoms with Gasteiger partial charge in [-0.3, -0.25) is 0 Å². The molecule has 0 bridgehead atoms. The molecule has 0 atom stereocenters. The first kappa shape index (κ1) is 11.0. The van der Waals surface area contributed by atoms with Gasteiger partial charge < -0.3 is 5.32 Å². The molecule has 0 aliphatic carbocycles. The molecular weight excluding hydrogens is 219 g/mol. The van der Waals surface area contributed by atoms with E-state index in [1.165, 1.54) is 18.5 Å². The summed E-state index contributed by atoms with van der Waals surface area (Å²) in [5.74, 6) is 0.0937. The molecule has 1 heterocycles. The largest absolute Gasteiger partial charge is 0.338 e. The van der Waals surface area contributed by atoms with E-state index in [4.69, 9.17) is 5.26 Å². The van der Waals surface area contributed by atoms with Gasteiger partial charge >= 0.3 is 0 Å². The lowest BCUT2D eigenvalue weighted by atomic mass is 10.2. The van der Waals surface area contributed by atoms with Crippen molar-refractivity contribution in [2.45, 2.75) is 6.92 Å². The summed E-state index contributed by atoms with van der Waals surface area (Å²) >= 11 is 0. The van der Waals surface area contributed by atoms with Crippen LogP contribution in [-0.2, 0) is 0 Å². The number of hydrogen-bond donors (Lipinski definition) is 1. The van der Waals surface area contributed by atoms with Gasteiger partial charge in [0.2, 0.25) is 0 Å². The summed E-state index contributed by atoms with van der Waals surface area (Å²) in [6.07, 6.45) is 2.93. The Labute approximate surface area is 97.8 Å². The fourth-order valence-corrected chi connectivity index (χ4v) is 1.37. The van der Waals surface area contributed by atoms with E-state index in [2.05, 4.69) is 15.3 Å². The van der Waals surface area contributed by atoms with Crippen molar-refractivity contribution < 1.29 is 4.39 Å². The lowest BCUT2D eigenvalue weighted by Crippen LogP contribution is -1.99. The molecule has 1 aromatic carbocycles. The molecule has 5 heteroatoms. The molecule has 0 aliphatic rings. The molecule has 0 radical (unpaired) electrons. The Morgan fingerprint density at radius 3 is 2.76 bits per heavy atom. The average Bonchev–Trinajstić information content (AvgIpc) is 2.34. The molecule has 1 N–H and O–H groups in total. The van der Waals surface area contributed by atoms with Crippen LogP contribution in [0.3, 0.4) is 0 Å². The van der Waals surface area contributed by atoms with Crippen LogP contribution in [0.25, 0.3) is 0 Å². The maximum absolute atomic E-state index is 13.1. The normalized spacial score (nSPS) is 9.71. The number of nitriles is 1. The summed E-state index contributed by atoms with van der Waals surface area (Å²) < 4.78 is 13.1. The van der Waals surface area contributed by atoms with E-state index in [1.807, 2.05) is 6.07 Å². The molecule has 2 aromatic rings.